The Morgan fingerprint density at radius 3 is 2.15 bits per heavy atom. The molecule has 2 fully saturated rings. The molecule has 20 heavy (non-hydrogen) atoms. The van der Waals surface area contributed by atoms with Gasteiger partial charge in [0.15, 0.2) is 0 Å². The lowest BCUT2D eigenvalue weighted by Crippen LogP contribution is -2.53. The van der Waals surface area contributed by atoms with Gasteiger partial charge < -0.3 is 16.0 Å². The van der Waals surface area contributed by atoms with E-state index in [0.29, 0.717) is 5.92 Å². The first-order valence-corrected chi connectivity index (χ1v) is 8.08. The number of likely N-dealkylation sites (tertiary alicyclic amines) is 1. The maximum atomic E-state index is 12.4. The summed E-state index contributed by atoms with van der Waals surface area (Å²) in [6, 6.07) is -0.302. The Balaban J connectivity index is 1.92. The predicted molar refractivity (Wildman–Crippen MR) is 80.8 cm³/mol. The van der Waals surface area contributed by atoms with Gasteiger partial charge in [0.25, 0.3) is 0 Å². The molecule has 114 valence electrons. The number of nitrogens with one attached hydrogen (secondary N) is 2. The molecule has 1 atom stereocenters. The highest BCUT2D eigenvalue weighted by Gasteiger charge is 2.29. The van der Waals surface area contributed by atoms with Crippen LogP contribution in [0.3, 0.4) is 0 Å². The number of hydrogen-bond acceptors (Lipinski definition) is 2. The fourth-order valence-corrected chi connectivity index (χ4v) is 3.42. The Labute approximate surface area is 121 Å². The minimum absolute atomic E-state index is 0.0299. The van der Waals surface area contributed by atoms with Gasteiger partial charge in [0, 0.05) is 13.1 Å². The molecule has 1 aliphatic heterocycles. The van der Waals surface area contributed by atoms with Gasteiger partial charge in [-0.1, -0.05) is 32.1 Å². The molecule has 5 heteroatoms. The van der Waals surface area contributed by atoms with E-state index < -0.39 is 0 Å². The maximum absolute atomic E-state index is 12.4. The summed E-state index contributed by atoms with van der Waals surface area (Å²) in [5.74, 6) is 0.456. The quantitative estimate of drug-likeness (QED) is 0.548. The molecule has 0 aromatic carbocycles. The third-order valence-electron chi connectivity index (χ3n) is 4.63. The number of carbonyl (C=O) groups excluding carboxylic acids is 1. The first-order chi connectivity index (χ1) is 9.68. The van der Waals surface area contributed by atoms with Gasteiger partial charge in [-0.2, -0.15) is 0 Å². The number of amides is 2. The van der Waals surface area contributed by atoms with Gasteiger partial charge >= 0.3 is 6.03 Å². The van der Waals surface area contributed by atoms with Gasteiger partial charge in [0.2, 0.25) is 0 Å². The van der Waals surface area contributed by atoms with Crippen LogP contribution in [0.5, 0.6) is 0 Å². The molecule has 4 N–H and O–H groups in total. The highest BCUT2D eigenvalue weighted by atomic mass is 16.2. The molecule has 5 nitrogen and oxygen atoms in total. The first-order valence-electron chi connectivity index (χ1n) is 8.08. The van der Waals surface area contributed by atoms with E-state index in [0.717, 1.165) is 38.8 Å². The Morgan fingerprint density at radius 2 is 1.60 bits per heavy atom. The number of amidine groups is 1. The average molecular weight is 280 g/mol. The molecular formula is C15H28N4O. The first kappa shape index (κ1) is 15.1. The molecule has 0 radical (unpaired) electrons. The summed E-state index contributed by atoms with van der Waals surface area (Å²) in [6.07, 6.45) is 10.4. The summed E-state index contributed by atoms with van der Waals surface area (Å²) < 4.78 is 0. The summed E-state index contributed by atoms with van der Waals surface area (Å²) >= 11 is 0. The summed E-state index contributed by atoms with van der Waals surface area (Å²) in [6.45, 7) is 1.67. The second kappa shape index (κ2) is 7.50. The highest BCUT2D eigenvalue weighted by molar-refractivity contribution is 5.88. The zero-order valence-electron chi connectivity index (χ0n) is 12.4. The molecule has 1 unspecified atom stereocenters. The summed E-state index contributed by atoms with van der Waals surface area (Å²) in [4.78, 5) is 14.3. The third-order valence-corrected chi connectivity index (χ3v) is 4.63. The van der Waals surface area contributed by atoms with Crippen molar-refractivity contribution in [1.29, 1.82) is 5.41 Å². The van der Waals surface area contributed by atoms with Gasteiger partial charge in [0.05, 0.1) is 6.04 Å². The lowest BCUT2D eigenvalue weighted by molar-refractivity contribution is 0.191. The van der Waals surface area contributed by atoms with Gasteiger partial charge in [-0.25, -0.2) is 4.79 Å². The molecular weight excluding hydrogens is 252 g/mol. The fourth-order valence-electron chi connectivity index (χ4n) is 3.42. The average Bonchev–Trinajstić information content (AvgIpc) is 2.74. The Hall–Kier alpha value is -1.26. The van der Waals surface area contributed by atoms with E-state index in [-0.39, 0.29) is 17.9 Å². The Morgan fingerprint density at radius 1 is 1.05 bits per heavy atom. The van der Waals surface area contributed by atoms with E-state index >= 15 is 0 Å². The summed E-state index contributed by atoms with van der Waals surface area (Å²) in [7, 11) is 0. The van der Waals surface area contributed by atoms with Crippen molar-refractivity contribution in [2.75, 3.05) is 13.1 Å². The minimum atomic E-state index is -0.272. The van der Waals surface area contributed by atoms with E-state index in [1.807, 2.05) is 4.90 Å². The van der Waals surface area contributed by atoms with E-state index in [1.165, 1.54) is 32.1 Å². The molecule has 0 aromatic rings. The molecule has 0 aromatic heterocycles. The van der Waals surface area contributed by atoms with E-state index in [1.54, 1.807) is 0 Å². The standard InChI is InChI=1S/C15H28N4O/c16-14(17)13(12-8-4-3-5-9-12)18-15(20)19-10-6-1-2-7-11-19/h12-13H,1-11H2,(H3,16,17)(H,18,20). The number of hydrogen-bond donors (Lipinski definition) is 3. The molecule has 1 saturated carbocycles. The molecule has 1 aliphatic carbocycles. The van der Waals surface area contributed by atoms with Crippen molar-refractivity contribution in [2.45, 2.75) is 63.8 Å². The second-order valence-corrected chi connectivity index (χ2v) is 6.18. The SMILES string of the molecule is N=C(N)C(NC(=O)N1CCCCCC1)C1CCCCC1. The highest BCUT2D eigenvalue weighted by Crippen LogP contribution is 2.26. The van der Waals surface area contributed by atoms with Gasteiger partial charge in [-0.15, -0.1) is 0 Å². The summed E-state index contributed by atoms with van der Waals surface area (Å²) in [5, 5.41) is 10.8. The largest absolute Gasteiger partial charge is 0.386 e. The monoisotopic (exact) mass is 280 g/mol. The topological polar surface area (TPSA) is 82.2 Å². The van der Waals surface area contributed by atoms with Crippen LogP contribution in [0, 0.1) is 11.3 Å². The Kier molecular flexibility index (Phi) is 5.68. The number of nitrogens with zero attached hydrogens (tertiary/aromatic N) is 1. The predicted octanol–water partition coefficient (Wildman–Crippen LogP) is 2.46. The number of carbonyl (C=O) groups is 1. The van der Waals surface area contributed by atoms with Crippen LogP contribution in [0.2, 0.25) is 0 Å². The second-order valence-electron chi connectivity index (χ2n) is 6.18. The van der Waals surface area contributed by atoms with Crippen molar-refractivity contribution >= 4 is 11.9 Å². The van der Waals surface area contributed by atoms with Crippen LogP contribution in [0.4, 0.5) is 4.79 Å². The number of urea groups is 1. The van der Waals surface area contributed by atoms with E-state index in [4.69, 9.17) is 11.1 Å². The molecule has 1 saturated heterocycles. The molecule has 2 rings (SSSR count). The molecule has 0 bridgehead atoms. The lowest BCUT2D eigenvalue weighted by Gasteiger charge is -2.32. The Bertz CT molecular complexity index is 331. The zero-order valence-corrected chi connectivity index (χ0v) is 12.4. The van der Waals surface area contributed by atoms with Crippen LogP contribution in [0.25, 0.3) is 0 Å². The lowest BCUT2D eigenvalue weighted by atomic mass is 9.83. The van der Waals surface area contributed by atoms with E-state index in [9.17, 15) is 4.79 Å². The molecule has 2 aliphatic rings. The number of rotatable bonds is 3. The fraction of sp³-hybridized carbons (Fsp3) is 0.867. The van der Waals surface area contributed by atoms with Crippen LogP contribution in [0.15, 0.2) is 0 Å². The third kappa shape index (κ3) is 4.12. The van der Waals surface area contributed by atoms with Crippen molar-refractivity contribution in [3.8, 4) is 0 Å². The zero-order chi connectivity index (χ0) is 14.4. The normalized spacial score (nSPS) is 22.9. The van der Waals surface area contributed by atoms with Crippen LogP contribution in [0.1, 0.15) is 57.8 Å². The van der Waals surface area contributed by atoms with Crippen LogP contribution >= 0.6 is 0 Å². The maximum Gasteiger partial charge on any atom is 0.317 e. The van der Waals surface area contributed by atoms with Gasteiger partial charge in [-0.3, -0.25) is 5.41 Å². The molecule has 0 spiro atoms. The number of nitrogens with two attached hydrogens (primary N) is 1. The van der Waals surface area contributed by atoms with Crippen molar-refractivity contribution in [1.82, 2.24) is 10.2 Å². The smallest absolute Gasteiger partial charge is 0.317 e. The van der Waals surface area contributed by atoms with Crippen molar-refractivity contribution < 1.29 is 4.79 Å². The van der Waals surface area contributed by atoms with E-state index in [2.05, 4.69) is 5.32 Å². The van der Waals surface area contributed by atoms with Gasteiger partial charge in [0.1, 0.15) is 5.84 Å². The van der Waals surface area contributed by atoms with Crippen molar-refractivity contribution in [2.24, 2.45) is 11.7 Å². The van der Waals surface area contributed by atoms with Gasteiger partial charge in [-0.05, 0) is 31.6 Å². The molecule has 1 heterocycles. The van der Waals surface area contributed by atoms with Crippen LogP contribution < -0.4 is 11.1 Å². The minimum Gasteiger partial charge on any atom is -0.386 e. The van der Waals surface area contributed by atoms with Crippen LogP contribution in [-0.4, -0.2) is 35.9 Å². The van der Waals surface area contributed by atoms with Crippen molar-refractivity contribution in [3.63, 3.8) is 0 Å². The van der Waals surface area contributed by atoms with Crippen LogP contribution in [-0.2, 0) is 0 Å². The summed E-state index contributed by atoms with van der Waals surface area (Å²) in [5.41, 5.74) is 5.73. The van der Waals surface area contributed by atoms with Crippen molar-refractivity contribution in [3.05, 3.63) is 0 Å². The molecule has 2 amide bonds.